The number of esters is 1. The van der Waals surface area contributed by atoms with Crippen molar-refractivity contribution in [2.75, 3.05) is 6.61 Å². The molecule has 0 aliphatic heterocycles. The van der Waals surface area contributed by atoms with Gasteiger partial charge in [0.2, 0.25) is 5.78 Å². The first kappa shape index (κ1) is 24.7. The second-order valence-electron chi connectivity index (χ2n) is 9.85. The molecule has 0 bridgehead atoms. The maximum absolute atomic E-state index is 13.8. The fourth-order valence-electron chi connectivity index (χ4n) is 3.89. The molecular formula is C27H30ClNO4. The van der Waals surface area contributed by atoms with Gasteiger partial charge in [0.25, 0.3) is 0 Å². The number of benzene rings is 1. The third-order valence-corrected chi connectivity index (χ3v) is 5.87. The van der Waals surface area contributed by atoms with Gasteiger partial charge in [-0.3, -0.25) is 14.4 Å². The van der Waals surface area contributed by atoms with Gasteiger partial charge in [0, 0.05) is 27.8 Å². The second kappa shape index (κ2) is 9.14. The van der Waals surface area contributed by atoms with Crippen molar-refractivity contribution in [1.82, 2.24) is 4.40 Å². The molecular weight excluding hydrogens is 438 g/mol. The summed E-state index contributed by atoms with van der Waals surface area (Å²) in [4.78, 5) is 40.1. The summed E-state index contributed by atoms with van der Waals surface area (Å²) in [5, 5.41) is 0.527. The van der Waals surface area contributed by atoms with Crippen molar-refractivity contribution in [3.05, 3.63) is 76.1 Å². The van der Waals surface area contributed by atoms with Crippen molar-refractivity contribution < 1.29 is 19.1 Å². The molecule has 0 N–H and O–H groups in total. The Labute approximate surface area is 199 Å². The molecule has 0 unspecified atom stereocenters. The van der Waals surface area contributed by atoms with Crippen LogP contribution in [0, 0.1) is 10.8 Å². The van der Waals surface area contributed by atoms with Crippen LogP contribution in [0.15, 0.2) is 48.7 Å². The van der Waals surface area contributed by atoms with Crippen molar-refractivity contribution >= 4 is 34.7 Å². The molecule has 0 saturated carbocycles. The molecule has 3 rings (SSSR count). The number of ketones is 2. The number of fused-ring (bicyclic) bond motifs is 1. The van der Waals surface area contributed by atoms with E-state index in [1.807, 2.05) is 39.0 Å². The van der Waals surface area contributed by atoms with Crippen LogP contribution in [0.1, 0.15) is 73.5 Å². The molecule has 174 valence electrons. The summed E-state index contributed by atoms with van der Waals surface area (Å²) >= 11 is 6.02. The lowest BCUT2D eigenvalue weighted by atomic mass is 9.79. The number of halogens is 1. The molecule has 0 spiro atoms. The first-order valence-electron chi connectivity index (χ1n) is 11.0. The lowest BCUT2D eigenvalue weighted by molar-refractivity contribution is -0.153. The highest BCUT2D eigenvalue weighted by Gasteiger charge is 2.38. The molecule has 0 amide bonds. The van der Waals surface area contributed by atoms with Crippen LogP contribution >= 0.6 is 11.6 Å². The Morgan fingerprint density at radius 1 is 0.970 bits per heavy atom. The van der Waals surface area contributed by atoms with E-state index in [1.165, 1.54) is 0 Å². The quantitative estimate of drug-likeness (QED) is 0.307. The standard InChI is InChI=1S/C27H30ClNO4/c1-7-33-25(32)27(5,6)16-19-21(24(31)26(2,3)4)20-10-8-9-15-29(20)22(19)23(30)17-11-13-18(28)14-12-17/h8-15H,7,16H2,1-6H3. The van der Waals surface area contributed by atoms with E-state index < -0.39 is 10.8 Å². The summed E-state index contributed by atoms with van der Waals surface area (Å²) < 4.78 is 7.04. The van der Waals surface area contributed by atoms with Crippen molar-refractivity contribution in [2.45, 2.75) is 48.0 Å². The van der Waals surface area contributed by atoms with Gasteiger partial charge in [-0.2, -0.15) is 0 Å². The Kier molecular flexibility index (Phi) is 6.85. The van der Waals surface area contributed by atoms with Gasteiger partial charge in [-0.1, -0.05) is 38.4 Å². The molecule has 33 heavy (non-hydrogen) atoms. The number of hydrogen-bond donors (Lipinski definition) is 0. The lowest BCUT2D eigenvalue weighted by Gasteiger charge is -2.24. The zero-order valence-electron chi connectivity index (χ0n) is 20.0. The number of rotatable bonds is 7. The fraction of sp³-hybridized carbons (Fsp3) is 0.370. The van der Waals surface area contributed by atoms with Gasteiger partial charge in [0.15, 0.2) is 5.78 Å². The fourth-order valence-corrected chi connectivity index (χ4v) is 4.01. The zero-order chi connectivity index (χ0) is 24.6. The molecule has 0 saturated heterocycles. The Morgan fingerprint density at radius 2 is 1.61 bits per heavy atom. The molecule has 0 fully saturated rings. The third-order valence-electron chi connectivity index (χ3n) is 5.62. The minimum atomic E-state index is -0.942. The number of aromatic nitrogens is 1. The second-order valence-corrected chi connectivity index (χ2v) is 10.3. The van der Waals surface area contributed by atoms with Crippen LogP contribution in [0.3, 0.4) is 0 Å². The predicted molar refractivity (Wildman–Crippen MR) is 130 cm³/mol. The summed E-state index contributed by atoms with van der Waals surface area (Å²) in [6.07, 6.45) is 1.96. The summed E-state index contributed by atoms with van der Waals surface area (Å²) in [5.74, 6) is -0.703. The Bertz CT molecular complexity index is 1210. The van der Waals surface area contributed by atoms with Crippen LogP contribution in [0.5, 0.6) is 0 Å². The number of nitrogens with zero attached hydrogens (tertiary/aromatic N) is 1. The van der Waals surface area contributed by atoms with Gasteiger partial charge in [0.1, 0.15) is 0 Å². The van der Waals surface area contributed by atoms with E-state index in [0.717, 1.165) is 0 Å². The van der Waals surface area contributed by atoms with Gasteiger partial charge in [-0.05, 0) is 69.2 Å². The Morgan fingerprint density at radius 3 is 2.18 bits per heavy atom. The third kappa shape index (κ3) is 4.88. The number of carbonyl (C=O) groups is 3. The summed E-state index contributed by atoms with van der Waals surface area (Å²) in [7, 11) is 0. The normalized spacial score (nSPS) is 12.1. The highest BCUT2D eigenvalue weighted by molar-refractivity contribution is 6.30. The van der Waals surface area contributed by atoms with Gasteiger partial charge < -0.3 is 9.14 Å². The number of ether oxygens (including phenoxy) is 1. The molecule has 5 nitrogen and oxygen atoms in total. The smallest absolute Gasteiger partial charge is 0.311 e. The van der Waals surface area contributed by atoms with Gasteiger partial charge in [0.05, 0.1) is 23.2 Å². The first-order valence-corrected chi connectivity index (χ1v) is 11.4. The Balaban J connectivity index is 2.33. The molecule has 0 radical (unpaired) electrons. The lowest BCUT2D eigenvalue weighted by Crippen LogP contribution is -2.31. The maximum atomic E-state index is 13.8. The van der Waals surface area contributed by atoms with E-state index in [4.69, 9.17) is 16.3 Å². The van der Waals surface area contributed by atoms with E-state index >= 15 is 0 Å². The molecule has 6 heteroatoms. The average Bonchev–Trinajstić information content (AvgIpc) is 3.05. The van der Waals surface area contributed by atoms with Crippen molar-refractivity contribution in [1.29, 1.82) is 0 Å². The van der Waals surface area contributed by atoms with E-state index in [1.54, 1.807) is 55.6 Å². The Hall–Kier alpha value is -2.92. The first-order chi connectivity index (χ1) is 15.4. The number of carbonyl (C=O) groups excluding carboxylic acids is 3. The number of hydrogen-bond acceptors (Lipinski definition) is 4. The van der Waals surface area contributed by atoms with Crippen molar-refractivity contribution in [2.24, 2.45) is 10.8 Å². The maximum Gasteiger partial charge on any atom is 0.311 e. The molecule has 0 aliphatic rings. The molecule has 1 aromatic carbocycles. The summed E-state index contributed by atoms with van der Waals surface area (Å²) in [6.45, 7) is 11.1. The SMILES string of the molecule is CCOC(=O)C(C)(C)Cc1c(C(=O)C(C)(C)C)c2ccccn2c1C(=O)c1ccc(Cl)cc1. The summed E-state index contributed by atoms with van der Waals surface area (Å²) in [6, 6.07) is 12.1. The van der Waals surface area contributed by atoms with Crippen LogP contribution in [0.2, 0.25) is 5.02 Å². The van der Waals surface area contributed by atoms with E-state index in [2.05, 4.69) is 0 Å². The topological polar surface area (TPSA) is 64.8 Å². The monoisotopic (exact) mass is 467 g/mol. The molecule has 3 aromatic rings. The van der Waals surface area contributed by atoms with Crippen LogP contribution in [-0.2, 0) is 16.0 Å². The molecule has 2 aromatic heterocycles. The zero-order valence-corrected chi connectivity index (χ0v) is 20.7. The van der Waals surface area contributed by atoms with Crippen molar-refractivity contribution in [3.63, 3.8) is 0 Å². The average molecular weight is 468 g/mol. The number of Topliss-reactive ketones (excluding diaryl/α,β-unsaturated/α-hetero) is 1. The van der Waals surface area contributed by atoms with E-state index in [0.29, 0.717) is 32.9 Å². The van der Waals surface area contributed by atoms with Crippen LogP contribution in [-0.4, -0.2) is 28.5 Å². The number of pyridine rings is 1. The molecule has 2 heterocycles. The predicted octanol–water partition coefficient (Wildman–Crippen LogP) is 6.18. The van der Waals surface area contributed by atoms with Crippen LogP contribution in [0.4, 0.5) is 0 Å². The van der Waals surface area contributed by atoms with Gasteiger partial charge >= 0.3 is 5.97 Å². The van der Waals surface area contributed by atoms with E-state index in [9.17, 15) is 14.4 Å². The van der Waals surface area contributed by atoms with Gasteiger partial charge in [-0.15, -0.1) is 0 Å². The van der Waals surface area contributed by atoms with E-state index in [-0.39, 0.29) is 30.6 Å². The highest BCUT2D eigenvalue weighted by Crippen LogP contribution is 2.36. The minimum Gasteiger partial charge on any atom is -0.466 e. The largest absolute Gasteiger partial charge is 0.466 e. The minimum absolute atomic E-state index is 0.0870. The van der Waals surface area contributed by atoms with Crippen LogP contribution < -0.4 is 0 Å². The van der Waals surface area contributed by atoms with Crippen molar-refractivity contribution in [3.8, 4) is 0 Å². The molecule has 0 aliphatic carbocycles. The van der Waals surface area contributed by atoms with Gasteiger partial charge in [-0.25, -0.2) is 0 Å². The van der Waals surface area contributed by atoms with Crippen LogP contribution in [0.25, 0.3) is 5.52 Å². The summed E-state index contributed by atoms with van der Waals surface area (Å²) in [5.41, 5.74) is 0.871. The molecule has 0 atom stereocenters. The highest BCUT2D eigenvalue weighted by atomic mass is 35.5.